The number of carboxylic acids is 7. The van der Waals surface area contributed by atoms with Gasteiger partial charge in [0.2, 0.25) is 59.1 Å². The zero-order chi connectivity index (χ0) is 94.6. The summed E-state index contributed by atoms with van der Waals surface area (Å²) in [6, 6.07) is -14.4. The Hall–Kier alpha value is -11.2. The lowest BCUT2D eigenvalue weighted by atomic mass is 10.0. The summed E-state index contributed by atoms with van der Waals surface area (Å²) in [5.74, 6) is -20.5. The fraction of sp³-hybridized carbons (Fsp3) is 0.737. The molecule has 48 nitrogen and oxygen atoms in total. The monoisotopic (exact) mass is 1780 g/mol. The van der Waals surface area contributed by atoms with Gasteiger partial charge in [-0.3, -0.25) is 82.6 Å². The zero-order valence-corrected chi connectivity index (χ0v) is 71.4. The van der Waals surface area contributed by atoms with E-state index in [1.165, 1.54) is 0 Å². The minimum absolute atomic E-state index is 0.0439. The predicted molar refractivity (Wildman–Crippen MR) is 429 cm³/mol. The highest BCUT2D eigenvalue weighted by Gasteiger charge is 2.35. The maximum absolute atomic E-state index is 14.3. The molecule has 124 heavy (non-hydrogen) atoms. The van der Waals surface area contributed by atoms with Crippen molar-refractivity contribution in [1.29, 1.82) is 0 Å². The van der Waals surface area contributed by atoms with Gasteiger partial charge in [-0.25, -0.2) is 24.0 Å². The number of nitrogens with one attached hydrogen (secondary N) is 14. The number of alkyl carbamates (subject to hydrolysis) is 2. The molecular weight excluding hydrogens is 1650 g/mol. The number of ether oxygens (including phenoxy) is 3. The maximum atomic E-state index is 14.3. The van der Waals surface area contributed by atoms with E-state index in [0.29, 0.717) is 0 Å². The number of aliphatic hydroxyl groups excluding tert-OH is 3. The molecule has 0 spiro atoms. The molecule has 11 atom stereocenters. The molecule has 48 heteroatoms. The van der Waals surface area contributed by atoms with E-state index >= 15 is 0 Å². The summed E-state index contributed by atoms with van der Waals surface area (Å²) in [6.07, 6.45) is -15.4. The van der Waals surface area contributed by atoms with Crippen molar-refractivity contribution in [3.05, 3.63) is 0 Å². The molecule has 706 valence electrons. The van der Waals surface area contributed by atoms with Crippen LogP contribution >= 0.6 is 0 Å². The van der Waals surface area contributed by atoms with Crippen LogP contribution in [0.4, 0.5) is 9.59 Å². The Morgan fingerprint density at radius 3 is 1.10 bits per heavy atom. The normalized spacial score (nSPS) is 14.1. The number of aliphatic carboxylic acids is 7. The third-order valence-corrected chi connectivity index (χ3v) is 17.3. The first-order chi connectivity index (χ1) is 57.6. The van der Waals surface area contributed by atoms with Crippen LogP contribution in [0.1, 0.15) is 236 Å². The van der Waals surface area contributed by atoms with Gasteiger partial charge in [-0.1, -0.05) is 12.8 Å². The van der Waals surface area contributed by atoms with Crippen molar-refractivity contribution in [2.45, 2.75) is 326 Å². The molecule has 25 N–H and O–H groups in total. The molecule has 0 saturated heterocycles. The minimum atomic E-state index is -1.96. The van der Waals surface area contributed by atoms with Crippen LogP contribution in [-0.2, 0) is 101 Å². The fourth-order valence-electron chi connectivity index (χ4n) is 11.1. The number of carbonyl (C=O) groups excluding carboxylic acids is 13. The standard InChI is InChI=1S/C76H128N14O34/c1-74(2,3)122-62(106)41-80-64(108)44(88-65(109)42(18-14-17-39-79-72(120)123-75(4,5)6)85-57(97)40-81-73(121)124-76(7,8)9)22-30-54(94)82-43(63(107)78-38-16-11-13-20-53(93)84-46(67(111)90-50(71(118)119)28-36-61(104)105)24-32-56(96)87-48(69(114)115)26-34-59(100)101)21-29-51(91)77-37-15-10-12-19-52(92)83-45(66(110)89-49(70(116)117)27-35-60(102)103)23-31-55(95)86-47(68(112)113)25-33-58(98)99/h42-50,57-58,67,85,90,97-99,111H,10-41H2,1-9H3,(H,77,91)(H,78,107)(H,79,120)(H,80,108)(H,81,121)(H,82,94)(H,83,92)(H,84,93)(H,86,95)(H,87,96)(H,88,109)(H,89,110)(H,100,101)(H,102,103)(H,104,105)(H,112,113)(H,114,115)(H,116,117)(H,118,119). The fourth-order valence-corrected chi connectivity index (χ4v) is 11.1. The molecule has 0 aromatic rings. The summed E-state index contributed by atoms with van der Waals surface area (Å²) in [5.41, 5.74) is -2.78. The molecule has 0 aliphatic heterocycles. The summed E-state index contributed by atoms with van der Waals surface area (Å²) in [4.78, 5) is 255. The first kappa shape index (κ1) is 113. The molecule has 0 radical (unpaired) electrons. The van der Waals surface area contributed by atoms with Crippen LogP contribution in [0.5, 0.6) is 0 Å². The first-order valence-corrected chi connectivity index (χ1v) is 40.5. The number of carbonyl (C=O) groups is 20. The summed E-state index contributed by atoms with van der Waals surface area (Å²) in [6.45, 7) is 13.0. The maximum Gasteiger partial charge on any atom is 0.407 e. The smallest absolute Gasteiger partial charge is 0.407 e. The van der Waals surface area contributed by atoms with Gasteiger partial charge in [0.05, 0.1) is 18.6 Å². The summed E-state index contributed by atoms with van der Waals surface area (Å²) in [5, 5.41) is 140. The van der Waals surface area contributed by atoms with E-state index in [-0.39, 0.29) is 90.3 Å². The lowest BCUT2D eigenvalue weighted by molar-refractivity contribution is -0.155. The number of rotatable bonds is 65. The Bertz CT molecular complexity index is 3530. The first-order valence-electron chi connectivity index (χ1n) is 40.5. The molecule has 0 aromatic heterocycles. The molecule has 0 aromatic carbocycles. The highest BCUT2D eigenvalue weighted by Crippen LogP contribution is 2.16. The van der Waals surface area contributed by atoms with Gasteiger partial charge in [-0.05, 0) is 159 Å². The van der Waals surface area contributed by atoms with Gasteiger partial charge in [-0.2, -0.15) is 0 Å². The van der Waals surface area contributed by atoms with Crippen molar-refractivity contribution in [2.75, 3.05) is 32.7 Å². The Morgan fingerprint density at radius 2 is 0.637 bits per heavy atom. The molecule has 0 heterocycles. The van der Waals surface area contributed by atoms with Crippen molar-refractivity contribution >= 4 is 119 Å². The van der Waals surface area contributed by atoms with Gasteiger partial charge in [0.1, 0.15) is 78.1 Å². The number of hydrogen-bond acceptors (Lipinski definition) is 29. The van der Waals surface area contributed by atoms with Crippen LogP contribution in [0.25, 0.3) is 0 Å². The summed E-state index contributed by atoms with van der Waals surface area (Å²) >= 11 is 0. The van der Waals surface area contributed by atoms with Crippen LogP contribution in [0.15, 0.2) is 0 Å². The molecule has 0 fully saturated rings. The lowest BCUT2D eigenvalue weighted by Gasteiger charge is -2.27. The Kier molecular flexibility index (Phi) is 54.1. The van der Waals surface area contributed by atoms with Gasteiger partial charge >= 0.3 is 59.9 Å². The second kappa shape index (κ2) is 59.5. The third kappa shape index (κ3) is 57.9. The van der Waals surface area contributed by atoms with Gasteiger partial charge < -0.3 is 134 Å². The van der Waals surface area contributed by atoms with Crippen LogP contribution in [-0.4, -0.2) is 298 Å². The zero-order valence-electron chi connectivity index (χ0n) is 71.4. The van der Waals surface area contributed by atoms with E-state index < -0.39 is 325 Å². The van der Waals surface area contributed by atoms with E-state index in [1.807, 2.05) is 0 Å². The van der Waals surface area contributed by atoms with Crippen LogP contribution < -0.4 is 74.4 Å². The predicted octanol–water partition coefficient (Wildman–Crippen LogP) is -2.89. The highest BCUT2D eigenvalue weighted by atomic mass is 16.6. The molecule has 0 rings (SSSR count). The number of hydrogen-bond donors (Lipinski definition) is 25. The van der Waals surface area contributed by atoms with Gasteiger partial charge in [0.15, 0.2) is 6.29 Å². The van der Waals surface area contributed by atoms with Crippen LogP contribution in [0.2, 0.25) is 0 Å². The molecule has 0 saturated carbocycles. The number of unbranched alkanes of at least 4 members (excludes halogenated alkanes) is 5. The second-order valence-electron chi connectivity index (χ2n) is 31.9. The number of amides is 12. The molecule has 12 amide bonds. The third-order valence-electron chi connectivity index (χ3n) is 17.3. The molecular formula is C76H128N14O34. The summed E-state index contributed by atoms with van der Waals surface area (Å²) in [7, 11) is 0. The topological polar surface area (TPSA) is 760 Å². The number of carboxylic acid groups (broad SMARTS) is 7. The Morgan fingerprint density at radius 1 is 0.282 bits per heavy atom. The summed E-state index contributed by atoms with van der Waals surface area (Å²) < 4.78 is 15.8. The Balaban J connectivity index is 7.05. The van der Waals surface area contributed by atoms with E-state index in [4.69, 9.17) is 29.5 Å². The number of aliphatic hydroxyl groups is 4. The average Bonchev–Trinajstić information content (AvgIpc) is 0.877. The van der Waals surface area contributed by atoms with Gasteiger partial charge in [-0.15, -0.1) is 0 Å². The largest absolute Gasteiger partial charge is 0.481 e. The Labute approximate surface area is 715 Å². The van der Waals surface area contributed by atoms with E-state index in [0.717, 1.165) is 0 Å². The molecule has 0 aliphatic carbocycles. The molecule has 0 bridgehead atoms. The van der Waals surface area contributed by atoms with Crippen molar-refractivity contribution in [1.82, 2.24) is 74.4 Å². The van der Waals surface area contributed by atoms with Crippen molar-refractivity contribution < 1.29 is 166 Å². The van der Waals surface area contributed by atoms with E-state index in [1.54, 1.807) is 62.3 Å². The van der Waals surface area contributed by atoms with Crippen LogP contribution in [0.3, 0.4) is 0 Å². The SMILES string of the molecule is CC(C)(C)OC(=O)CNC(=O)C(CCC(=O)NC(CCC(=O)NCCCCCC(=O)NC(CCC(=O)NC(CCC(O)O)C(=O)O)C(=O)NC(CCC(=O)O)C(=O)O)C(=O)NCCCCCC(=O)NC(CCC(=O)NC(CCC(=O)O)C(=O)O)C(O)NC(CCC(=O)O)C(=O)O)NC(=O)C(CCCCNC(=O)OC(C)(C)C)NC(O)CNC(=O)OC(C)(C)C. The van der Waals surface area contributed by atoms with E-state index in [9.17, 15) is 137 Å². The minimum Gasteiger partial charge on any atom is -0.481 e. The average molecular weight is 1780 g/mol. The molecule has 11 unspecified atom stereocenters. The van der Waals surface area contributed by atoms with Crippen molar-refractivity contribution in [2.24, 2.45) is 0 Å². The number of esters is 1. The second-order valence-corrected chi connectivity index (χ2v) is 31.9. The van der Waals surface area contributed by atoms with Crippen molar-refractivity contribution in [3.63, 3.8) is 0 Å². The van der Waals surface area contributed by atoms with Crippen LogP contribution in [0, 0.1) is 0 Å². The highest BCUT2D eigenvalue weighted by molar-refractivity contribution is 5.94. The van der Waals surface area contributed by atoms with E-state index in [2.05, 4.69) is 74.4 Å². The van der Waals surface area contributed by atoms with Gasteiger partial charge in [0, 0.05) is 83.8 Å². The van der Waals surface area contributed by atoms with Gasteiger partial charge in [0.25, 0.3) is 0 Å². The molecule has 0 aliphatic rings. The quantitative estimate of drug-likeness (QED) is 0.0126. The van der Waals surface area contributed by atoms with Crippen molar-refractivity contribution in [3.8, 4) is 0 Å². The lowest BCUT2D eigenvalue weighted by Crippen LogP contribution is -2.56.